The Kier molecular flexibility index (Phi) is 2.75. The first-order valence-electron chi connectivity index (χ1n) is 5.97. The molecule has 2 rings (SSSR count). The van der Waals surface area contributed by atoms with Crippen molar-refractivity contribution in [2.45, 2.75) is 39.5 Å². The molecular formula is C14H20N2. The Balaban J connectivity index is 2.79. The van der Waals surface area contributed by atoms with E-state index in [2.05, 4.69) is 44.9 Å². The van der Waals surface area contributed by atoms with Gasteiger partial charge in [-0.05, 0) is 23.0 Å². The summed E-state index contributed by atoms with van der Waals surface area (Å²) in [6.07, 6.45) is 2.00. The molecule has 0 aliphatic heterocycles. The number of hydrogen-bond donors (Lipinski definition) is 0. The van der Waals surface area contributed by atoms with Crippen LogP contribution in [-0.2, 0) is 7.05 Å². The highest BCUT2D eigenvalue weighted by atomic mass is 15.2. The predicted octanol–water partition coefficient (Wildman–Crippen LogP) is 3.82. The van der Waals surface area contributed by atoms with Gasteiger partial charge in [0, 0.05) is 12.4 Å². The average Bonchev–Trinajstić information content (AvgIpc) is 2.59. The van der Waals surface area contributed by atoms with E-state index in [1.54, 1.807) is 0 Å². The van der Waals surface area contributed by atoms with Crippen molar-refractivity contribution in [3.05, 3.63) is 29.5 Å². The molecule has 0 N–H and O–H groups in total. The normalized spacial score (nSPS) is 11.9. The Morgan fingerprint density at radius 1 is 1.00 bits per heavy atom. The van der Waals surface area contributed by atoms with Crippen molar-refractivity contribution in [3.63, 3.8) is 0 Å². The maximum atomic E-state index is 4.40. The maximum absolute atomic E-state index is 4.40. The largest absolute Gasteiger partial charge is 0.268 e. The molecule has 1 heterocycles. The summed E-state index contributed by atoms with van der Waals surface area (Å²) >= 11 is 0. The van der Waals surface area contributed by atoms with Gasteiger partial charge in [0.2, 0.25) is 0 Å². The van der Waals surface area contributed by atoms with Gasteiger partial charge in [0.15, 0.2) is 0 Å². The molecule has 0 atom stereocenters. The van der Waals surface area contributed by atoms with Crippen LogP contribution < -0.4 is 0 Å². The first-order chi connectivity index (χ1) is 7.52. The van der Waals surface area contributed by atoms with Crippen molar-refractivity contribution >= 4 is 10.9 Å². The van der Waals surface area contributed by atoms with Gasteiger partial charge in [0.1, 0.15) is 0 Å². The molecule has 0 spiro atoms. The Labute approximate surface area is 97.3 Å². The van der Waals surface area contributed by atoms with Gasteiger partial charge < -0.3 is 0 Å². The van der Waals surface area contributed by atoms with E-state index in [1.807, 2.05) is 17.9 Å². The van der Waals surface area contributed by atoms with E-state index >= 15 is 0 Å². The SMILES string of the molecule is CC(C)c1ccc(C(C)C)c2c1cnn2C. The van der Waals surface area contributed by atoms with Crippen LogP contribution in [0.15, 0.2) is 18.3 Å². The predicted molar refractivity (Wildman–Crippen MR) is 68.9 cm³/mol. The van der Waals surface area contributed by atoms with E-state index in [1.165, 1.54) is 22.0 Å². The number of fused-ring (bicyclic) bond motifs is 1. The van der Waals surface area contributed by atoms with Crippen LogP contribution >= 0.6 is 0 Å². The first kappa shape index (κ1) is 11.2. The standard InChI is InChI=1S/C14H20N2/c1-9(2)11-6-7-12(10(3)4)14-13(11)8-15-16(14)5/h6-10H,1-5H3. The lowest BCUT2D eigenvalue weighted by atomic mass is 9.93. The molecule has 1 aromatic carbocycles. The second-order valence-corrected chi connectivity index (χ2v) is 5.08. The fraction of sp³-hybridized carbons (Fsp3) is 0.500. The fourth-order valence-electron chi connectivity index (χ4n) is 2.31. The zero-order valence-electron chi connectivity index (χ0n) is 10.8. The Bertz CT molecular complexity index is 507. The lowest BCUT2D eigenvalue weighted by Crippen LogP contribution is -1.98. The van der Waals surface area contributed by atoms with Gasteiger partial charge in [0.25, 0.3) is 0 Å². The highest BCUT2D eigenvalue weighted by Crippen LogP contribution is 2.31. The Hall–Kier alpha value is -1.31. The smallest absolute Gasteiger partial charge is 0.0716 e. The van der Waals surface area contributed by atoms with Gasteiger partial charge in [-0.3, -0.25) is 4.68 Å². The van der Waals surface area contributed by atoms with Crippen molar-refractivity contribution in [2.24, 2.45) is 7.05 Å². The maximum Gasteiger partial charge on any atom is 0.0716 e. The van der Waals surface area contributed by atoms with Crippen LogP contribution in [0.1, 0.15) is 50.7 Å². The second-order valence-electron chi connectivity index (χ2n) is 5.08. The van der Waals surface area contributed by atoms with Crippen molar-refractivity contribution in [3.8, 4) is 0 Å². The van der Waals surface area contributed by atoms with Crippen LogP contribution in [0.25, 0.3) is 10.9 Å². The summed E-state index contributed by atoms with van der Waals surface area (Å²) < 4.78 is 2.00. The minimum absolute atomic E-state index is 0.541. The van der Waals surface area contributed by atoms with Gasteiger partial charge in [-0.15, -0.1) is 0 Å². The molecule has 2 nitrogen and oxygen atoms in total. The summed E-state index contributed by atoms with van der Waals surface area (Å²) in [5.74, 6) is 1.09. The monoisotopic (exact) mass is 216 g/mol. The lowest BCUT2D eigenvalue weighted by Gasteiger charge is -2.13. The third-order valence-electron chi connectivity index (χ3n) is 3.21. The Morgan fingerprint density at radius 3 is 2.12 bits per heavy atom. The summed E-state index contributed by atoms with van der Waals surface area (Å²) in [4.78, 5) is 0. The molecule has 0 unspecified atom stereocenters. The van der Waals surface area contributed by atoms with Crippen LogP contribution in [0.2, 0.25) is 0 Å². The molecule has 0 aliphatic carbocycles. The molecule has 0 radical (unpaired) electrons. The summed E-state index contributed by atoms with van der Waals surface area (Å²) in [7, 11) is 2.03. The summed E-state index contributed by atoms with van der Waals surface area (Å²) in [5.41, 5.74) is 4.08. The van der Waals surface area contributed by atoms with E-state index < -0.39 is 0 Å². The number of rotatable bonds is 2. The third kappa shape index (κ3) is 1.62. The zero-order valence-corrected chi connectivity index (χ0v) is 10.8. The molecular weight excluding hydrogens is 196 g/mol. The second kappa shape index (κ2) is 3.93. The van der Waals surface area contributed by atoms with Crippen molar-refractivity contribution in [1.29, 1.82) is 0 Å². The molecule has 16 heavy (non-hydrogen) atoms. The summed E-state index contributed by atoms with van der Waals surface area (Å²) in [6.45, 7) is 8.93. The van der Waals surface area contributed by atoms with Crippen LogP contribution in [0.5, 0.6) is 0 Å². The highest BCUT2D eigenvalue weighted by molar-refractivity contribution is 5.86. The molecule has 86 valence electrons. The van der Waals surface area contributed by atoms with E-state index in [-0.39, 0.29) is 0 Å². The van der Waals surface area contributed by atoms with E-state index in [4.69, 9.17) is 0 Å². The minimum atomic E-state index is 0.541. The topological polar surface area (TPSA) is 17.8 Å². The molecule has 2 heteroatoms. The van der Waals surface area contributed by atoms with E-state index in [0.717, 1.165) is 0 Å². The molecule has 0 amide bonds. The average molecular weight is 216 g/mol. The van der Waals surface area contributed by atoms with Crippen LogP contribution in [0, 0.1) is 0 Å². The quantitative estimate of drug-likeness (QED) is 0.746. The van der Waals surface area contributed by atoms with E-state index in [9.17, 15) is 0 Å². The lowest BCUT2D eigenvalue weighted by molar-refractivity contribution is 0.779. The van der Waals surface area contributed by atoms with Gasteiger partial charge in [-0.1, -0.05) is 39.8 Å². The number of aryl methyl sites for hydroxylation is 1. The van der Waals surface area contributed by atoms with Crippen LogP contribution in [-0.4, -0.2) is 9.78 Å². The molecule has 0 aliphatic rings. The van der Waals surface area contributed by atoms with E-state index in [0.29, 0.717) is 11.8 Å². The fourth-order valence-corrected chi connectivity index (χ4v) is 2.31. The number of hydrogen-bond acceptors (Lipinski definition) is 1. The molecule has 0 saturated carbocycles. The van der Waals surface area contributed by atoms with Crippen molar-refractivity contribution in [2.75, 3.05) is 0 Å². The van der Waals surface area contributed by atoms with Crippen LogP contribution in [0.3, 0.4) is 0 Å². The third-order valence-corrected chi connectivity index (χ3v) is 3.21. The zero-order chi connectivity index (χ0) is 11.9. The Morgan fingerprint density at radius 2 is 1.56 bits per heavy atom. The number of aromatic nitrogens is 2. The van der Waals surface area contributed by atoms with Gasteiger partial charge in [0.05, 0.1) is 11.7 Å². The molecule has 0 fully saturated rings. The highest BCUT2D eigenvalue weighted by Gasteiger charge is 2.13. The number of nitrogens with zero attached hydrogens (tertiary/aromatic N) is 2. The number of benzene rings is 1. The molecule has 1 aromatic heterocycles. The van der Waals surface area contributed by atoms with Crippen LogP contribution in [0.4, 0.5) is 0 Å². The molecule has 0 bridgehead atoms. The first-order valence-corrected chi connectivity index (χ1v) is 5.97. The minimum Gasteiger partial charge on any atom is -0.268 e. The van der Waals surface area contributed by atoms with Gasteiger partial charge in [-0.25, -0.2) is 0 Å². The molecule has 2 aromatic rings. The van der Waals surface area contributed by atoms with Crippen molar-refractivity contribution < 1.29 is 0 Å². The summed E-state index contributed by atoms with van der Waals surface area (Å²) in [5, 5.41) is 5.71. The molecule has 0 saturated heterocycles. The summed E-state index contributed by atoms with van der Waals surface area (Å²) in [6, 6.07) is 4.51. The van der Waals surface area contributed by atoms with Gasteiger partial charge in [-0.2, -0.15) is 5.10 Å². The van der Waals surface area contributed by atoms with Gasteiger partial charge >= 0.3 is 0 Å². The van der Waals surface area contributed by atoms with Crippen molar-refractivity contribution in [1.82, 2.24) is 9.78 Å².